The van der Waals surface area contributed by atoms with Crippen LogP contribution in [0, 0.1) is 17.8 Å². The molecule has 13 heteroatoms. The lowest BCUT2D eigenvalue weighted by Crippen LogP contribution is -2.52. The van der Waals surface area contributed by atoms with Crippen molar-refractivity contribution < 1.29 is 37.1 Å². The number of sulfonamides is 1. The molecule has 2 N–H and O–H groups in total. The van der Waals surface area contributed by atoms with Crippen molar-refractivity contribution in [3.8, 4) is 0 Å². The van der Waals surface area contributed by atoms with Crippen LogP contribution in [0.5, 0.6) is 0 Å². The molecule has 1 aliphatic carbocycles. The Bertz CT molecular complexity index is 2090. The number of halogens is 1. The first-order valence-corrected chi connectivity index (χ1v) is 24.7. The average molecular weight is 889 g/mol. The van der Waals surface area contributed by atoms with Crippen molar-refractivity contribution in [3.05, 3.63) is 106 Å². The number of ether oxygens (including phenoxy) is 1. The predicted molar refractivity (Wildman–Crippen MR) is 240 cm³/mol. The normalized spacial score (nSPS) is 19.2. The Labute approximate surface area is 372 Å². The van der Waals surface area contributed by atoms with Crippen LogP contribution >= 0.6 is 11.6 Å². The molecule has 3 fully saturated rings. The summed E-state index contributed by atoms with van der Waals surface area (Å²) >= 11 is 6.08. The highest BCUT2D eigenvalue weighted by Gasteiger charge is 2.44. The van der Waals surface area contributed by atoms with Gasteiger partial charge in [0.2, 0.25) is 21.7 Å². The van der Waals surface area contributed by atoms with Crippen LogP contribution in [-0.4, -0.2) is 86.4 Å². The molecule has 3 aliphatic rings. The van der Waals surface area contributed by atoms with Crippen LogP contribution in [0.15, 0.2) is 78.9 Å². The maximum absolute atomic E-state index is 14.4. The third-order valence-electron chi connectivity index (χ3n) is 12.6. The van der Waals surface area contributed by atoms with Crippen molar-refractivity contribution in [3.63, 3.8) is 0 Å². The fourth-order valence-corrected chi connectivity index (χ4v) is 9.71. The van der Waals surface area contributed by atoms with Gasteiger partial charge in [-0.2, -0.15) is 0 Å². The highest BCUT2D eigenvalue weighted by Crippen LogP contribution is 2.38. The SMILES string of the molecule is CS(=O)(=O)N[C@H](CCC1CCNCC1)C(=O)N1C[C@H](OCc2ccc(Cl)cc2)C[C@H]1C(=O)C[C@@H](CC1CC1)C(=O)C(=O)CCCc1ccc(C(=O)CCCc2ccccc2)cc1. The first-order chi connectivity index (χ1) is 29.8. The number of nitrogens with zero attached hydrogens (tertiary/aromatic N) is 1. The smallest absolute Gasteiger partial charge is 0.241 e. The second-order valence-electron chi connectivity index (χ2n) is 17.7. The second kappa shape index (κ2) is 23.0. The standard InChI is InChI=1S/C49H62ClN3O8S/c1-62(59,60)52-43(24-19-36-25-27-51-28-26-36)49(58)53-32-42(61-33-38-17-22-41(50)23-18-38)31-44(53)47(56)30-40(29-37-13-14-37)48(57)46(55)12-6-10-35-15-20-39(21-16-35)45(54)11-5-9-34-7-3-2-4-8-34/h2-4,7-8,15-18,20-23,36-37,40,42-44,51-52H,5-6,9-14,19,24-33H2,1H3/t40-,42-,43-,44+/m1/s1. The second-order valence-corrected chi connectivity index (χ2v) is 19.9. The minimum absolute atomic E-state index is 0.0406. The Hall–Kier alpha value is -4.07. The van der Waals surface area contributed by atoms with E-state index in [1.165, 1.54) is 10.5 Å². The molecule has 0 aromatic heterocycles. The van der Waals surface area contributed by atoms with Gasteiger partial charge in [-0.25, -0.2) is 13.1 Å². The van der Waals surface area contributed by atoms with E-state index in [9.17, 15) is 32.4 Å². The van der Waals surface area contributed by atoms with Gasteiger partial charge in [0.25, 0.3) is 0 Å². The van der Waals surface area contributed by atoms with Crippen LogP contribution in [0.4, 0.5) is 0 Å². The number of amides is 1. The molecule has 3 aromatic rings. The van der Waals surface area contributed by atoms with Gasteiger partial charge in [0.15, 0.2) is 17.3 Å². The molecule has 62 heavy (non-hydrogen) atoms. The predicted octanol–water partition coefficient (Wildman–Crippen LogP) is 7.27. The molecule has 0 radical (unpaired) electrons. The van der Waals surface area contributed by atoms with Crippen LogP contribution in [0.2, 0.25) is 5.02 Å². The van der Waals surface area contributed by atoms with Crippen LogP contribution in [0.1, 0.15) is 111 Å². The number of aryl methyl sites for hydroxylation is 2. The first-order valence-electron chi connectivity index (χ1n) is 22.4. The van der Waals surface area contributed by atoms with Crippen molar-refractivity contribution in [2.75, 3.05) is 25.9 Å². The molecule has 0 spiro atoms. The number of carbonyl (C=O) groups is 5. The Morgan fingerprint density at radius 2 is 1.47 bits per heavy atom. The van der Waals surface area contributed by atoms with E-state index in [1.54, 1.807) is 12.1 Å². The number of hydrogen-bond donors (Lipinski definition) is 2. The number of Topliss-reactive ketones (excluding diaryl/α,β-unsaturated/α-hetero) is 4. The monoisotopic (exact) mass is 887 g/mol. The van der Waals surface area contributed by atoms with E-state index in [0.717, 1.165) is 69.0 Å². The van der Waals surface area contributed by atoms with Crippen molar-refractivity contribution in [1.29, 1.82) is 0 Å². The van der Waals surface area contributed by atoms with Crippen LogP contribution in [0.3, 0.4) is 0 Å². The lowest BCUT2D eigenvalue weighted by atomic mass is 9.86. The number of nitrogens with one attached hydrogen (secondary N) is 2. The molecule has 1 saturated carbocycles. The van der Waals surface area contributed by atoms with Gasteiger partial charge in [-0.3, -0.25) is 24.0 Å². The molecule has 2 heterocycles. The lowest BCUT2D eigenvalue weighted by molar-refractivity contribution is -0.142. The summed E-state index contributed by atoms with van der Waals surface area (Å²) in [5.74, 6) is -1.96. The highest BCUT2D eigenvalue weighted by molar-refractivity contribution is 7.88. The summed E-state index contributed by atoms with van der Waals surface area (Å²) in [7, 11) is -3.77. The number of ketones is 4. The van der Waals surface area contributed by atoms with Crippen molar-refractivity contribution >= 4 is 50.7 Å². The molecule has 0 unspecified atom stereocenters. The van der Waals surface area contributed by atoms with E-state index < -0.39 is 51.6 Å². The molecule has 2 aliphatic heterocycles. The third-order valence-corrected chi connectivity index (χ3v) is 13.5. The maximum atomic E-state index is 14.4. The molecular formula is C49H62ClN3O8S. The summed E-state index contributed by atoms with van der Waals surface area (Å²) < 4.78 is 33.9. The first kappa shape index (κ1) is 47.4. The van der Waals surface area contributed by atoms with E-state index in [0.29, 0.717) is 55.0 Å². The van der Waals surface area contributed by atoms with Gasteiger partial charge in [0, 0.05) is 48.7 Å². The van der Waals surface area contributed by atoms with Crippen molar-refractivity contribution in [2.24, 2.45) is 17.8 Å². The van der Waals surface area contributed by atoms with Crippen molar-refractivity contribution in [2.45, 2.75) is 121 Å². The Morgan fingerprint density at radius 1 is 0.823 bits per heavy atom. The fourth-order valence-electron chi connectivity index (χ4n) is 8.85. The molecule has 0 bridgehead atoms. The maximum Gasteiger partial charge on any atom is 0.241 e. The summed E-state index contributed by atoms with van der Waals surface area (Å²) in [6, 6.07) is 22.7. The van der Waals surface area contributed by atoms with Gasteiger partial charge < -0.3 is 15.0 Å². The molecule has 4 atom stereocenters. The third kappa shape index (κ3) is 15.0. The van der Waals surface area contributed by atoms with Gasteiger partial charge in [-0.15, -0.1) is 0 Å². The topological polar surface area (TPSA) is 156 Å². The minimum atomic E-state index is -3.77. The molecule has 1 amide bonds. The van der Waals surface area contributed by atoms with E-state index in [1.807, 2.05) is 54.6 Å². The van der Waals surface area contributed by atoms with Crippen molar-refractivity contribution in [1.82, 2.24) is 14.9 Å². The summed E-state index contributed by atoms with van der Waals surface area (Å²) in [6.07, 6.45) is 8.76. The number of piperidine rings is 1. The molecule has 3 aromatic carbocycles. The molecule has 11 nitrogen and oxygen atoms in total. The van der Waals surface area contributed by atoms with E-state index in [2.05, 4.69) is 22.2 Å². The summed E-state index contributed by atoms with van der Waals surface area (Å²) in [5.41, 5.74) is 3.70. The molecular weight excluding hydrogens is 826 g/mol. The van der Waals surface area contributed by atoms with Gasteiger partial charge in [0.1, 0.15) is 6.04 Å². The van der Waals surface area contributed by atoms with Gasteiger partial charge >= 0.3 is 0 Å². The van der Waals surface area contributed by atoms with Gasteiger partial charge in [-0.1, -0.05) is 91.2 Å². The van der Waals surface area contributed by atoms with E-state index in [4.69, 9.17) is 16.3 Å². The lowest BCUT2D eigenvalue weighted by Gasteiger charge is -2.30. The summed E-state index contributed by atoms with van der Waals surface area (Å²) in [6.45, 7) is 2.05. The van der Waals surface area contributed by atoms with Gasteiger partial charge in [-0.05, 0) is 112 Å². The largest absolute Gasteiger partial charge is 0.372 e. The fraction of sp³-hybridized carbons (Fsp3) is 0.531. The average Bonchev–Trinajstić information content (AvgIpc) is 3.99. The number of hydrogen-bond acceptors (Lipinski definition) is 9. The zero-order valence-corrected chi connectivity index (χ0v) is 37.5. The van der Waals surface area contributed by atoms with E-state index in [-0.39, 0.29) is 49.9 Å². The van der Waals surface area contributed by atoms with Crippen LogP contribution in [0.25, 0.3) is 0 Å². The number of rotatable bonds is 25. The Kier molecular flexibility index (Phi) is 17.6. The summed E-state index contributed by atoms with van der Waals surface area (Å²) in [5, 5.41) is 3.92. The number of carbonyl (C=O) groups excluding carboxylic acids is 5. The Balaban J connectivity index is 1.07. The zero-order chi connectivity index (χ0) is 44.1. The Morgan fingerprint density at radius 3 is 2.13 bits per heavy atom. The van der Waals surface area contributed by atoms with Crippen LogP contribution in [-0.2, 0) is 53.4 Å². The van der Waals surface area contributed by atoms with Gasteiger partial charge in [0.05, 0.1) is 25.0 Å². The highest BCUT2D eigenvalue weighted by atomic mass is 35.5. The molecule has 2 saturated heterocycles. The number of benzene rings is 3. The van der Waals surface area contributed by atoms with E-state index >= 15 is 0 Å². The quantitative estimate of drug-likeness (QED) is 0.0661. The zero-order valence-electron chi connectivity index (χ0n) is 35.9. The van der Waals surface area contributed by atoms with Crippen LogP contribution < -0.4 is 10.0 Å². The minimum Gasteiger partial charge on any atom is -0.372 e. The molecule has 334 valence electrons. The molecule has 6 rings (SSSR count). The summed E-state index contributed by atoms with van der Waals surface area (Å²) in [4.78, 5) is 70.3. The number of likely N-dealkylation sites (tertiary alicyclic amines) is 1.